The number of pyridine rings is 1. The Kier molecular flexibility index (Phi) is 8.48. The fourth-order valence-electron chi connectivity index (χ4n) is 5.63. The largest absolute Gasteiger partial charge is 0.337 e. The average Bonchev–Trinajstić information content (AvgIpc) is 3.19. The van der Waals surface area contributed by atoms with Crippen LogP contribution in [-0.4, -0.2) is 55.0 Å². The Labute approximate surface area is 218 Å². The fraction of sp³-hybridized carbons (Fsp3) is 0.448. The molecule has 1 saturated carbocycles. The van der Waals surface area contributed by atoms with Gasteiger partial charge in [0, 0.05) is 43.3 Å². The Morgan fingerprint density at radius 1 is 1.32 bits per heavy atom. The average molecular weight is 505 g/mol. The molecule has 37 heavy (non-hydrogen) atoms. The molecule has 8 heteroatoms. The van der Waals surface area contributed by atoms with Crippen LogP contribution in [0.25, 0.3) is 0 Å². The van der Waals surface area contributed by atoms with Crippen molar-refractivity contribution in [2.45, 2.75) is 38.6 Å². The lowest BCUT2D eigenvalue weighted by atomic mass is 9.65. The number of benzene rings is 1. The minimum Gasteiger partial charge on any atom is -0.337 e. The van der Waals surface area contributed by atoms with Gasteiger partial charge < -0.3 is 20.9 Å². The molecule has 0 saturated heterocycles. The number of hydrogen-bond donors (Lipinski definition) is 3. The molecule has 2 aliphatic carbocycles. The Hall–Kier alpha value is -3.39. The number of amides is 2. The van der Waals surface area contributed by atoms with Crippen molar-refractivity contribution in [1.82, 2.24) is 20.5 Å². The molecule has 3 N–H and O–H groups in total. The predicted molar refractivity (Wildman–Crippen MR) is 146 cm³/mol. The molecule has 1 heterocycles. The van der Waals surface area contributed by atoms with Gasteiger partial charge in [-0.15, -0.1) is 0 Å². The lowest BCUT2D eigenvalue weighted by Gasteiger charge is -2.40. The van der Waals surface area contributed by atoms with E-state index in [-0.39, 0.29) is 29.2 Å². The molecule has 2 amide bonds. The zero-order chi connectivity index (χ0) is 26.4. The molecule has 4 rings (SSSR count). The molecular formula is C29H37FN6O. The summed E-state index contributed by atoms with van der Waals surface area (Å²) in [5.74, 6) is -0.0664. The molecule has 1 aromatic carbocycles. The van der Waals surface area contributed by atoms with Crippen LogP contribution in [0.15, 0.2) is 65.4 Å². The van der Waals surface area contributed by atoms with Gasteiger partial charge in [-0.3, -0.25) is 9.98 Å². The number of nitrogens with zero attached hydrogens (tertiary/aromatic N) is 3. The second kappa shape index (κ2) is 11.8. The number of rotatable bonds is 9. The maximum atomic E-state index is 13.3. The van der Waals surface area contributed by atoms with Gasteiger partial charge in [-0.2, -0.15) is 0 Å². The highest BCUT2D eigenvalue weighted by Crippen LogP contribution is 2.56. The van der Waals surface area contributed by atoms with Crippen molar-refractivity contribution in [1.29, 1.82) is 5.41 Å². The quantitative estimate of drug-likeness (QED) is 0.405. The van der Waals surface area contributed by atoms with Crippen LogP contribution in [-0.2, 0) is 0 Å². The number of allylic oxidation sites excluding steroid dienone is 2. The van der Waals surface area contributed by atoms with Crippen molar-refractivity contribution < 1.29 is 9.18 Å². The van der Waals surface area contributed by atoms with Crippen molar-refractivity contribution >= 4 is 23.6 Å². The number of urea groups is 1. The summed E-state index contributed by atoms with van der Waals surface area (Å²) in [5, 5.41) is 14.3. The van der Waals surface area contributed by atoms with Crippen LogP contribution in [0, 0.1) is 28.5 Å². The monoisotopic (exact) mass is 504 g/mol. The smallest absolute Gasteiger partial charge is 0.315 e. The van der Waals surface area contributed by atoms with Gasteiger partial charge in [-0.1, -0.05) is 18.6 Å². The third-order valence-electron chi connectivity index (χ3n) is 7.79. The number of likely N-dealkylation sites (N-methyl/N-ethyl adjacent to an activating group) is 1. The van der Waals surface area contributed by atoms with Crippen LogP contribution in [0.5, 0.6) is 0 Å². The van der Waals surface area contributed by atoms with E-state index in [9.17, 15) is 9.18 Å². The Bertz CT molecular complexity index is 1150. The zero-order valence-electron chi connectivity index (χ0n) is 21.9. The summed E-state index contributed by atoms with van der Waals surface area (Å²) in [6, 6.07) is 9.73. The fourth-order valence-corrected chi connectivity index (χ4v) is 5.63. The van der Waals surface area contributed by atoms with E-state index in [2.05, 4.69) is 28.6 Å². The van der Waals surface area contributed by atoms with E-state index in [4.69, 9.17) is 10.4 Å². The van der Waals surface area contributed by atoms with E-state index in [1.807, 2.05) is 37.3 Å². The number of hydrogen-bond acceptors (Lipinski definition) is 5. The van der Waals surface area contributed by atoms with Gasteiger partial charge in [0.05, 0.1) is 11.7 Å². The first-order chi connectivity index (χ1) is 17.8. The van der Waals surface area contributed by atoms with Gasteiger partial charge in [0.15, 0.2) is 0 Å². The van der Waals surface area contributed by atoms with Crippen molar-refractivity contribution in [2.24, 2.45) is 22.2 Å². The highest BCUT2D eigenvalue weighted by Gasteiger charge is 2.47. The number of aromatic nitrogens is 1. The molecule has 0 spiro atoms. The number of carbonyl (C=O) groups is 1. The molecule has 1 aromatic heterocycles. The summed E-state index contributed by atoms with van der Waals surface area (Å²) in [4.78, 5) is 23.8. The Morgan fingerprint density at radius 3 is 2.78 bits per heavy atom. The number of aliphatic imine (C=N–C) groups is 1. The standard InChI is InChI=1S/C29H37FN6O/c1-29-17-21(18-31)27(34-25-10-8-24(30)9-11-25)16-23(29)7-6-22(29)15-26(20-5-4-12-32-19-20)35-28(37)33-13-14-36(2)3/h4-5,8-12,16,18-19,21-22,26,31H,6-7,13-15,17H2,1-3H3,(H2,33,35,37). The van der Waals surface area contributed by atoms with Gasteiger partial charge in [0.2, 0.25) is 0 Å². The van der Waals surface area contributed by atoms with Crippen molar-refractivity contribution in [2.75, 3.05) is 27.2 Å². The molecule has 2 aromatic rings. The van der Waals surface area contributed by atoms with Gasteiger partial charge in [0.25, 0.3) is 0 Å². The Morgan fingerprint density at radius 2 is 2.11 bits per heavy atom. The molecular weight excluding hydrogens is 467 g/mol. The first kappa shape index (κ1) is 26.7. The third kappa shape index (κ3) is 6.49. The second-order valence-corrected chi connectivity index (χ2v) is 10.6. The summed E-state index contributed by atoms with van der Waals surface area (Å²) in [7, 11) is 3.96. The first-order valence-electron chi connectivity index (χ1n) is 12.9. The minimum absolute atomic E-state index is 0.0897. The Balaban J connectivity index is 1.54. The minimum atomic E-state index is -0.288. The van der Waals surface area contributed by atoms with Crippen molar-refractivity contribution in [3.8, 4) is 0 Å². The molecule has 4 atom stereocenters. The molecule has 1 fully saturated rings. The molecule has 2 aliphatic rings. The molecule has 0 aliphatic heterocycles. The highest BCUT2D eigenvalue weighted by molar-refractivity contribution is 6.07. The summed E-state index contributed by atoms with van der Waals surface area (Å²) in [5.41, 5.74) is 3.80. The van der Waals surface area contributed by atoms with Crippen LogP contribution >= 0.6 is 0 Å². The van der Waals surface area contributed by atoms with E-state index in [1.165, 1.54) is 23.9 Å². The lowest BCUT2D eigenvalue weighted by molar-refractivity contribution is 0.204. The normalized spacial score (nSPS) is 24.9. The van der Waals surface area contributed by atoms with Crippen LogP contribution in [0.3, 0.4) is 0 Å². The summed E-state index contributed by atoms with van der Waals surface area (Å²) < 4.78 is 13.3. The first-order valence-corrected chi connectivity index (χ1v) is 12.9. The molecule has 0 bridgehead atoms. The molecule has 7 nitrogen and oxygen atoms in total. The van der Waals surface area contributed by atoms with Gasteiger partial charge in [-0.05, 0) is 93.1 Å². The van der Waals surface area contributed by atoms with E-state index in [0.29, 0.717) is 18.2 Å². The number of carbonyl (C=O) groups excluding carboxylic acids is 1. The van der Waals surface area contributed by atoms with E-state index >= 15 is 0 Å². The van der Waals surface area contributed by atoms with E-state index in [0.717, 1.165) is 43.5 Å². The maximum absolute atomic E-state index is 13.3. The third-order valence-corrected chi connectivity index (χ3v) is 7.79. The molecule has 196 valence electrons. The van der Waals surface area contributed by atoms with Gasteiger partial charge in [-0.25, -0.2) is 9.18 Å². The van der Waals surface area contributed by atoms with Crippen LogP contribution in [0.4, 0.5) is 14.9 Å². The zero-order valence-corrected chi connectivity index (χ0v) is 21.9. The molecule has 0 radical (unpaired) electrons. The summed E-state index contributed by atoms with van der Waals surface area (Å²) >= 11 is 0. The van der Waals surface area contributed by atoms with Crippen LogP contribution in [0.2, 0.25) is 0 Å². The number of halogens is 1. The van der Waals surface area contributed by atoms with Crippen molar-refractivity contribution in [3.05, 3.63) is 71.8 Å². The predicted octanol–water partition coefficient (Wildman–Crippen LogP) is 5.30. The SMILES string of the molecule is CN(C)CCNC(=O)NC(CC1CCC2=CC(=Nc3ccc(F)cc3)C(C=N)CC21C)c1cccnc1. The lowest BCUT2D eigenvalue weighted by Crippen LogP contribution is -2.42. The van der Waals surface area contributed by atoms with Gasteiger partial charge >= 0.3 is 6.03 Å². The maximum Gasteiger partial charge on any atom is 0.315 e. The van der Waals surface area contributed by atoms with E-state index < -0.39 is 0 Å². The van der Waals surface area contributed by atoms with Crippen LogP contribution < -0.4 is 10.6 Å². The van der Waals surface area contributed by atoms with E-state index in [1.54, 1.807) is 18.3 Å². The van der Waals surface area contributed by atoms with Crippen LogP contribution in [0.1, 0.15) is 44.2 Å². The molecule has 4 unspecified atom stereocenters. The second-order valence-electron chi connectivity index (χ2n) is 10.6. The van der Waals surface area contributed by atoms with Gasteiger partial charge in [0.1, 0.15) is 5.82 Å². The number of nitrogens with one attached hydrogen (secondary N) is 3. The summed E-state index contributed by atoms with van der Waals surface area (Å²) in [6.45, 7) is 3.63. The number of fused-ring (bicyclic) bond motifs is 1. The highest BCUT2D eigenvalue weighted by atomic mass is 19.1. The topological polar surface area (TPSA) is 93.5 Å². The van der Waals surface area contributed by atoms with Crippen molar-refractivity contribution in [3.63, 3.8) is 0 Å². The summed E-state index contributed by atoms with van der Waals surface area (Å²) in [6.07, 6.45) is 10.8.